The van der Waals surface area contributed by atoms with Crippen molar-refractivity contribution in [3.05, 3.63) is 36.0 Å². The van der Waals surface area contributed by atoms with Crippen LogP contribution in [0.4, 0.5) is 0 Å². The summed E-state index contributed by atoms with van der Waals surface area (Å²) < 4.78 is 24.7. The van der Waals surface area contributed by atoms with Gasteiger partial charge in [0.1, 0.15) is 5.75 Å². The molecule has 27 heavy (non-hydrogen) atoms. The first-order chi connectivity index (χ1) is 13.0. The molecule has 2 unspecified atom stereocenters. The smallest absolute Gasteiger partial charge is 0.153 e. The predicted molar refractivity (Wildman–Crippen MR) is 104 cm³/mol. The number of benzene rings is 1. The molecule has 2 aromatic rings. The number of hydrogen-bond acceptors (Lipinski definition) is 6. The van der Waals surface area contributed by atoms with Gasteiger partial charge in [0, 0.05) is 55.9 Å². The third-order valence-corrected chi connectivity index (χ3v) is 7.90. The second-order valence-corrected chi connectivity index (χ2v) is 10.5. The van der Waals surface area contributed by atoms with Crippen LogP contribution in [-0.2, 0) is 16.4 Å². The molecule has 1 aromatic heterocycles. The summed E-state index contributed by atoms with van der Waals surface area (Å²) in [5.41, 5.74) is 1.86. The number of piperazine rings is 1. The minimum absolute atomic E-state index is 0.0815. The maximum absolute atomic E-state index is 12.4. The van der Waals surface area contributed by atoms with Gasteiger partial charge in [-0.3, -0.25) is 14.8 Å². The van der Waals surface area contributed by atoms with Crippen LogP contribution in [0.1, 0.15) is 18.4 Å². The maximum atomic E-state index is 12.4. The van der Waals surface area contributed by atoms with Crippen LogP contribution in [0.15, 0.2) is 30.5 Å². The van der Waals surface area contributed by atoms with Gasteiger partial charge in [0.2, 0.25) is 0 Å². The second kappa shape index (κ2) is 6.43. The van der Waals surface area contributed by atoms with Gasteiger partial charge in [-0.2, -0.15) is 0 Å². The van der Waals surface area contributed by atoms with E-state index in [1.54, 1.807) is 12.1 Å². The Morgan fingerprint density at radius 1 is 1.07 bits per heavy atom. The SMILES string of the molecule is O=S1(=O)CC2C(C1)N(CC1CC1)CCN2Cc1cnc2cc(O)ccc2c1. The zero-order valence-electron chi connectivity index (χ0n) is 15.3. The Kier molecular flexibility index (Phi) is 4.14. The molecule has 7 heteroatoms. The molecular weight excluding hydrogens is 362 g/mol. The fourth-order valence-electron chi connectivity index (χ4n) is 4.63. The number of phenols is 1. The van der Waals surface area contributed by atoms with Crippen molar-refractivity contribution in [3.8, 4) is 5.75 Å². The fourth-order valence-corrected chi connectivity index (χ4v) is 6.67. The van der Waals surface area contributed by atoms with Gasteiger partial charge >= 0.3 is 0 Å². The minimum Gasteiger partial charge on any atom is -0.508 e. The number of aromatic nitrogens is 1. The zero-order chi connectivity index (χ0) is 18.6. The van der Waals surface area contributed by atoms with E-state index in [1.165, 1.54) is 12.8 Å². The Morgan fingerprint density at radius 2 is 1.81 bits per heavy atom. The lowest BCUT2D eigenvalue weighted by atomic mass is 10.0. The standard InChI is InChI=1S/C20H25N3O3S/c24-17-4-3-16-7-15(9-21-18(16)8-17)11-23-6-5-22(10-14-1-2-14)19-12-27(25,26)13-20(19)23/h3-4,7-9,14,19-20,24H,1-2,5-6,10-13H2. The van der Waals surface area contributed by atoms with Gasteiger partial charge in [-0.05, 0) is 42.5 Å². The largest absolute Gasteiger partial charge is 0.508 e. The number of pyridine rings is 1. The third kappa shape index (κ3) is 3.56. The number of aromatic hydroxyl groups is 1. The molecule has 1 aromatic carbocycles. The highest BCUT2D eigenvalue weighted by Gasteiger charge is 2.47. The summed E-state index contributed by atoms with van der Waals surface area (Å²) in [6, 6.07) is 7.51. The van der Waals surface area contributed by atoms with Crippen molar-refractivity contribution < 1.29 is 13.5 Å². The van der Waals surface area contributed by atoms with Crippen molar-refractivity contribution in [2.45, 2.75) is 31.5 Å². The molecule has 2 aliphatic heterocycles. The van der Waals surface area contributed by atoms with Crippen LogP contribution in [-0.4, -0.2) is 71.5 Å². The van der Waals surface area contributed by atoms with Crippen molar-refractivity contribution in [2.75, 3.05) is 31.1 Å². The normalized spacial score (nSPS) is 28.4. The molecule has 0 bridgehead atoms. The first-order valence-corrected chi connectivity index (χ1v) is 11.6. The summed E-state index contributed by atoms with van der Waals surface area (Å²) in [4.78, 5) is 9.24. The monoisotopic (exact) mass is 387 g/mol. The fraction of sp³-hybridized carbons (Fsp3) is 0.550. The van der Waals surface area contributed by atoms with Gasteiger partial charge in [-0.25, -0.2) is 8.42 Å². The average molecular weight is 388 g/mol. The number of rotatable bonds is 4. The molecule has 1 aliphatic carbocycles. The summed E-state index contributed by atoms with van der Waals surface area (Å²) in [6.45, 7) is 3.63. The highest BCUT2D eigenvalue weighted by Crippen LogP contribution is 2.34. The molecule has 6 nitrogen and oxygen atoms in total. The van der Waals surface area contributed by atoms with Gasteiger partial charge < -0.3 is 5.11 Å². The van der Waals surface area contributed by atoms with Crippen LogP contribution in [0.5, 0.6) is 5.75 Å². The molecule has 5 rings (SSSR count). The van der Waals surface area contributed by atoms with E-state index < -0.39 is 9.84 Å². The van der Waals surface area contributed by atoms with E-state index >= 15 is 0 Å². The summed E-state index contributed by atoms with van der Waals surface area (Å²) in [5.74, 6) is 1.57. The van der Waals surface area contributed by atoms with Gasteiger partial charge in [-0.1, -0.05) is 0 Å². The van der Waals surface area contributed by atoms with Crippen LogP contribution in [0.2, 0.25) is 0 Å². The summed E-state index contributed by atoms with van der Waals surface area (Å²) in [7, 11) is -2.97. The molecular formula is C20H25N3O3S. The zero-order valence-corrected chi connectivity index (χ0v) is 16.1. The quantitative estimate of drug-likeness (QED) is 0.860. The maximum Gasteiger partial charge on any atom is 0.153 e. The molecule has 3 heterocycles. The van der Waals surface area contributed by atoms with E-state index in [9.17, 15) is 13.5 Å². The van der Waals surface area contributed by atoms with Crippen LogP contribution >= 0.6 is 0 Å². The highest BCUT2D eigenvalue weighted by molar-refractivity contribution is 7.91. The van der Waals surface area contributed by atoms with Crippen LogP contribution < -0.4 is 0 Å². The Hall–Kier alpha value is -1.70. The summed E-state index contributed by atoms with van der Waals surface area (Å²) in [6.07, 6.45) is 4.43. The van der Waals surface area contributed by atoms with Crippen molar-refractivity contribution in [3.63, 3.8) is 0 Å². The second-order valence-electron chi connectivity index (χ2n) is 8.34. The third-order valence-electron chi connectivity index (χ3n) is 6.21. The molecule has 0 amide bonds. The summed E-state index contributed by atoms with van der Waals surface area (Å²) >= 11 is 0. The van der Waals surface area contributed by atoms with E-state index in [-0.39, 0.29) is 23.6 Å². The minimum atomic E-state index is -2.97. The van der Waals surface area contributed by atoms with E-state index in [0.717, 1.165) is 48.6 Å². The molecule has 2 atom stereocenters. The lowest BCUT2D eigenvalue weighted by Gasteiger charge is -2.44. The molecule has 144 valence electrons. The first-order valence-electron chi connectivity index (χ1n) is 9.73. The first kappa shape index (κ1) is 17.4. The van der Waals surface area contributed by atoms with Crippen molar-refractivity contribution >= 4 is 20.7 Å². The van der Waals surface area contributed by atoms with Gasteiger partial charge in [0.25, 0.3) is 0 Å². The van der Waals surface area contributed by atoms with Crippen LogP contribution in [0, 0.1) is 5.92 Å². The van der Waals surface area contributed by atoms with Gasteiger partial charge in [0.05, 0.1) is 17.0 Å². The lowest BCUT2D eigenvalue weighted by Crippen LogP contribution is -2.59. The number of phenolic OH excluding ortho intramolecular Hbond substituents is 1. The summed E-state index contributed by atoms with van der Waals surface area (Å²) in [5, 5.41) is 10.6. The molecule has 2 saturated heterocycles. The predicted octanol–water partition coefficient (Wildman–Crippen LogP) is 1.63. The van der Waals surface area contributed by atoms with E-state index in [2.05, 4.69) is 20.9 Å². The topological polar surface area (TPSA) is 73.7 Å². The van der Waals surface area contributed by atoms with Crippen LogP contribution in [0.25, 0.3) is 10.9 Å². The Balaban J connectivity index is 1.37. The van der Waals surface area contributed by atoms with E-state index in [1.807, 2.05) is 12.3 Å². The Morgan fingerprint density at radius 3 is 2.59 bits per heavy atom. The number of fused-ring (bicyclic) bond motifs is 2. The van der Waals surface area contributed by atoms with E-state index in [4.69, 9.17) is 0 Å². The molecule has 1 saturated carbocycles. The van der Waals surface area contributed by atoms with Crippen molar-refractivity contribution in [1.82, 2.24) is 14.8 Å². The van der Waals surface area contributed by atoms with Gasteiger partial charge in [0.15, 0.2) is 9.84 Å². The number of nitrogens with zero attached hydrogens (tertiary/aromatic N) is 3. The lowest BCUT2D eigenvalue weighted by molar-refractivity contribution is 0.0376. The van der Waals surface area contributed by atoms with Crippen molar-refractivity contribution in [1.29, 1.82) is 0 Å². The molecule has 0 spiro atoms. The Labute approximate surface area is 159 Å². The molecule has 3 fully saturated rings. The molecule has 0 radical (unpaired) electrons. The number of sulfone groups is 1. The molecule has 3 aliphatic rings. The van der Waals surface area contributed by atoms with Crippen LogP contribution in [0.3, 0.4) is 0 Å². The molecule has 1 N–H and O–H groups in total. The average Bonchev–Trinajstić information content (AvgIpc) is 3.37. The Bertz CT molecular complexity index is 974. The van der Waals surface area contributed by atoms with Crippen molar-refractivity contribution in [2.24, 2.45) is 5.92 Å². The highest BCUT2D eigenvalue weighted by atomic mass is 32.2. The van der Waals surface area contributed by atoms with Gasteiger partial charge in [-0.15, -0.1) is 0 Å². The number of hydrogen-bond donors (Lipinski definition) is 1. The van der Waals surface area contributed by atoms with E-state index in [0.29, 0.717) is 5.75 Å².